The van der Waals surface area contributed by atoms with Gasteiger partial charge in [0, 0.05) is 13.1 Å². The molecule has 21 heavy (non-hydrogen) atoms. The van der Waals surface area contributed by atoms with Gasteiger partial charge in [-0.3, -0.25) is 4.68 Å². The second-order valence-electron chi connectivity index (χ2n) is 4.76. The quantitative estimate of drug-likeness (QED) is 0.532. The van der Waals surface area contributed by atoms with Crippen LogP contribution >= 0.6 is 11.6 Å². The van der Waals surface area contributed by atoms with Crippen molar-refractivity contribution in [3.63, 3.8) is 0 Å². The molecule has 0 aliphatic heterocycles. The SMILES string of the molecule is Cc1nc2cc(Cn3cc4c(Cl)ncnc4n3)ccc2o1. The lowest BCUT2D eigenvalue weighted by Gasteiger charge is -2.00. The molecule has 0 bridgehead atoms. The third-order valence-corrected chi connectivity index (χ3v) is 3.52. The highest BCUT2D eigenvalue weighted by Crippen LogP contribution is 2.20. The van der Waals surface area contributed by atoms with Crippen LogP contribution in [0.5, 0.6) is 0 Å². The van der Waals surface area contributed by atoms with Gasteiger partial charge in [-0.1, -0.05) is 17.7 Å². The zero-order valence-electron chi connectivity index (χ0n) is 11.1. The van der Waals surface area contributed by atoms with Crippen molar-refractivity contribution in [1.29, 1.82) is 0 Å². The first-order valence-electron chi connectivity index (χ1n) is 6.39. The molecule has 104 valence electrons. The topological polar surface area (TPSA) is 69.6 Å². The monoisotopic (exact) mass is 299 g/mol. The van der Waals surface area contributed by atoms with Crippen LogP contribution in [0.2, 0.25) is 5.15 Å². The number of aromatic nitrogens is 5. The van der Waals surface area contributed by atoms with Gasteiger partial charge in [-0.25, -0.2) is 15.0 Å². The highest BCUT2D eigenvalue weighted by molar-refractivity contribution is 6.33. The maximum atomic E-state index is 6.03. The van der Waals surface area contributed by atoms with E-state index in [1.165, 1.54) is 6.33 Å². The van der Waals surface area contributed by atoms with Crippen LogP contribution in [-0.4, -0.2) is 24.7 Å². The van der Waals surface area contributed by atoms with E-state index in [2.05, 4.69) is 20.1 Å². The molecule has 0 amide bonds. The summed E-state index contributed by atoms with van der Waals surface area (Å²) in [6, 6.07) is 5.90. The summed E-state index contributed by atoms with van der Waals surface area (Å²) < 4.78 is 7.26. The van der Waals surface area contributed by atoms with Crippen molar-refractivity contribution in [3.8, 4) is 0 Å². The van der Waals surface area contributed by atoms with E-state index < -0.39 is 0 Å². The summed E-state index contributed by atoms with van der Waals surface area (Å²) in [6.45, 7) is 2.44. The standard InChI is InChI=1S/C14H10ClN5O/c1-8-18-11-4-9(2-3-12(11)21-8)5-20-6-10-13(15)16-7-17-14(10)19-20/h2-4,6-7H,5H2,1H3. The van der Waals surface area contributed by atoms with Gasteiger partial charge in [-0.15, -0.1) is 0 Å². The van der Waals surface area contributed by atoms with E-state index in [1.54, 1.807) is 4.68 Å². The van der Waals surface area contributed by atoms with Gasteiger partial charge in [0.05, 0.1) is 11.9 Å². The van der Waals surface area contributed by atoms with E-state index in [-0.39, 0.29) is 0 Å². The van der Waals surface area contributed by atoms with Crippen LogP contribution < -0.4 is 0 Å². The Morgan fingerprint density at radius 2 is 2.19 bits per heavy atom. The average molecular weight is 300 g/mol. The lowest BCUT2D eigenvalue weighted by Crippen LogP contribution is -1.99. The number of hydrogen-bond acceptors (Lipinski definition) is 5. The van der Waals surface area contributed by atoms with Crippen molar-refractivity contribution in [1.82, 2.24) is 24.7 Å². The van der Waals surface area contributed by atoms with Crippen molar-refractivity contribution < 1.29 is 4.42 Å². The number of benzene rings is 1. The third kappa shape index (κ3) is 2.13. The minimum atomic E-state index is 0.411. The molecular weight excluding hydrogens is 290 g/mol. The third-order valence-electron chi connectivity index (χ3n) is 3.22. The molecule has 3 heterocycles. The zero-order chi connectivity index (χ0) is 14.4. The highest BCUT2D eigenvalue weighted by atomic mass is 35.5. The molecule has 1 aromatic carbocycles. The fourth-order valence-corrected chi connectivity index (χ4v) is 2.49. The smallest absolute Gasteiger partial charge is 0.192 e. The highest BCUT2D eigenvalue weighted by Gasteiger charge is 2.08. The predicted octanol–water partition coefficient (Wildman–Crippen LogP) is 2.98. The van der Waals surface area contributed by atoms with Gasteiger partial charge in [-0.2, -0.15) is 5.10 Å². The van der Waals surface area contributed by atoms with Crippen LogP contribution in [0.15, 0.2) is 35.1 Å². The normalized spacial score (nSPS) is 11.5. The molecule has 4 rings (SSSR count). The molecule has 0 spiro atoms. The Hall–Kier alpha value is -2.47. The second kappa shape index (κ2) is 4.53. The maximum Gasteiger partial charge on any atom is 0.192 e. The fourth-order valence-electron chi connectivity index (χ4n) is 2.31. The van der Waals surface area contributed by atoms with E-state index in [4.69, 9.17) is 16.0 Å². The molecule has 0 radical (unpaired) electrons. The largest absolute Gasteiger partial charge is 0.441 e. The number of fused-ring (bicyclic) bond motifs is 2. The fraction of sp³-hybridized carbons (Fsp3) is 0.143. The van der Waals surface area contributed by atoms with E-state index in [0.717, 1.165) is 22.0 Å². The van der Waals surface area contributed by atoms with E-state index in [1.807, 2.05) is 31.3 Å². The molecule has 3 aromatic heterocycles. The molecule has 6 nitrogen and oxygen atoms in total. The molecule has 0 saturated heterocycles. The first kappa shape index (κ1) is 12.3. The van der Waals surface area contributed by atoms with Gasteiger partial charge in [0.15, 0.2) is 17.1 Å². The summed E-state index contributed by atoms with van der Waals surface area (Å²) >= 11 is 6.03. The molecule has 0 N–H and O–H groups in total. The number of halogens is 1. The Balaban J connectivity index is 1.73. The molecule has 0 atom stereocenters. The van der Waals surface area contributed by atoms with Crippen LogP contribution in [-0.2, 0) is 6.54 Å². The summed E-state index contributed by atoms with van der Waals surface area (Å²) in [6.07, 6.45) is 3.25. The minimum Gasteiger partial charge on any atom is -0.441 e. The van der Waals surface area contributed by atoms with Crippen LogP contribution in [0.3, 0.4) is 0 Å². The van der Waals surface area contributed by atoms with Crippen molar-refractivity contribution in [2.75, 3.05) is 0 Å². The van der Waals surface area contributed by atoms with Gasteiger partial charge in [0.1, 0.15) is 17.0 Å². The predicted molar refractivity (Wildman–Crippen MR) is 78.2 cm³/mol. The Morgan fingerprint density at radius 3 is 3.05 bits per heavy atom. The molecule has 0 saturated carbocycles. The van der Waals surface area contributed by atoms with E-state index in [0.29, 0.717) is 23.2 Å². The van der Waals surface area contributed by atoms with Gasteiger partial charge in [-0.05, 0) is 17.7 Å². The van der Waals surface area contributed by atoms with Crippen molar-refractivity contribution in [2.24, 2.45) is 0 Å². The van der Waals surface area contributed by atoms with Crippen molar-refractivity contribution in [2.45, 2.75) is 13.5 Å². The van der Waals surface area contributed by atoms with Crippen molar-refractivity contribution in [3.05, 3.63) is 47.3 Å². The second-order valence-corrected chi connectivity index (χ2v) is 5.12. The Labute approximate surface area is 124 Å². The first-order chi connectivity index (χ1) is 10.2. The molecule has 7 heteroatoms. The van der Waals surface area contributed by atoms with Crippen LogP contribution in [0.4, 0.5) is 0 Å². The number of oxazole rings is 1. The summed E-state index contributed by atoms with van der Waals surface area (Å²) in [5.41, 5.74) is 3.30. The summed E-state index contributed by atoms with van der Waals surface area (Å²) in [7, 11) is 0. The number of aryl methyl sites for hydroxylation is 1. The summed E-state index contributed by atoms with van der Waals surface area (Å²) in [4.78, 5) is 12.4. The van der Waals surface area contributed by atoms with Gasteiger partial charge < -0.3 is 4.42 Å². The Kier molecular flexibility index (Phi) is 2.65. The molecule has 0 fully saturated rings. The average Bonchev–Trinajstić information content (AvgIpc) is 3.01. The zero-order valence-corrected chi connectivity index (χ0v) is 11.9. The van der Waals surface area contributed by atoms with Gasteiger partial charge >= 0.3 is 0 Å². The van der Waals surface area contributed by atoms with Gasteiger partial charge in [0.2, 0.25) is 0 Å². The molecule has 4 aromatic rings. The molecule has 0 unspecified atom stereocenters. The van der Waals surface area contributed by atoms with Crippen molar-refractivity contribution >= 4 is 33.7 Å². The Morgan fingerprint density at radius 1 is 1.29 bits per heavy atom. The van der Waals surface area contributed by atoms with Crippen LogP contribution in [0.1, 0.15) is 11.5 Å². The van der Waals surface area contributed by atoms with Gasteiger partial charge in [0.25, 0.3) is 0 Å². The number of hydrogen-bond donors (Lipinski definition) is 0. The van der Waals surface area contributed by atoms with E-state index in [9.17, 15) is 0 Å². The molecule has 0 aliphatic rings. The lowest BCUT2D eigenvalue weighted by molar-refractivity contribution is 0.561. The van der Waals surface area contributed by atoms with Crippen LogP contribution in [0.25, 0.3) is 22.1 Å². The number of rotatable bonds is 2. The minimum absolute atomic E-state index is 0.411. The van der Waals surface area contributed by atoms with Crippen LogP contribution in [0, 0.1) is 6.92 Å². The molecule has 0 aliphatic carbocycles. The molecular formula is C14H10ClN5O. The van der Waals surface area contributed by atoms with E-state index >= 15 is 0 Å². The Bertz CT molecular complexity index is 958. The lowest BCUT2D eigenvalue weighted by atomic mass is 10.2. The summed E-state index contributed by atoms with van der Waals surface area (Å²) in [5.74, 6) is 0.661. The first-order valence-corrected chi connectivity index (χ1v) is 6.76. The number of nitrogens with zero attached hydrogens (tertiary/aromatic N) is 5. The summed E-state index contributed by atoms with van der Waals surface area (Å²) in [5, 5.41) is 5.55. The maximum absolute atomic E-state index is 6.03.